The van der Waals surface area contributed by atoms with Gasteiger partial charge in [-0.2, -0.15) is 0 Å². The Hall–Kier alpha value is -2.91. The van der Waals surface area contributed by atoms with E-state index in [-0.39, 0.29) is 18.3 Å². The summed E-state index contributed by atoms with van der Waals surface area (Å²) in [4.78, 5) is 12.2. The van der Waals surface area contributed by atoms with E-state index < -0.39 is 0 Å². The average molecular weight is 434 g/mol. The highest BCUT2D eigenvalue weighted by Crippen LogP contribution is 2.24. The van der Waals surface area contributed by atoms with Crippen LogP contribution in [0.3, 0.4) is 0 Å². The van der Waals surface area contributed by atoms with Gasteiger partial charge in [-0.05, 0) is 36.8 Å². The Labute approximate surface area is 177 Å². The van der Waals surface area contributed by atoms with Gasteiger partial charge >= 0.3 is 0 Å². The van der Waals surface area contributed by atoms with Crippen LogP contribution in [0.5, 0.6) is 11.5 Å². The lowest BCUT2D eigenvalue weighted by Crippen LogP contribution is -2.18. The fourth-order valence-corrected chi connectivity index (χ4v) is 3.25. The first-order valence-electron chi connectivity index (χ1n) is 8.62. The molecular weight excluding hydrogens is 414 g/mol. The molecule has 0 saturated heterocycles. The molecule has 0 unspecified atom stereocenters. The molecule has 0 radical (unpaired) electrons. The van der Waals surface area contributed by atoms with Crippen molar-refractivity contribution in [3.05, 3.63) is 58.9 Å². The maximum atomic E-state index is 12.2. The number of nitrogens with two attached hydrogens (primary N) is 1. The minimum absolute atomic E-state index is 0.123. The summed E-state index contributed by atoms with van der Waals surface area (Å²) in [5.41, 5.74) is 1.48. The predicted octanol–water partition coefficient (Wildman–Crippen LogP) is 3.27. The summed E-state index contributed by atoms with van der Waals surface area (Å²) in [5, 5.41) is 11.9. The van der Waals surface area contributed by atoms with E-state index in [4.69, 9.17) is 26.9 Å². The van der Waals surface area contributed by atoms with Gasteiger partial charge in [0.15, 0.2) is 5.82 Å². The summed E-state index contributed by atoms with van der Waals surface area (Å²) in [5.74, 6) is 7.69. The molecule has 0 fully saturated rings. The molecule has 0 atom stereocenters. The summed E-state index contributed by atoms with van der Waals surface area (Å²) >= 11 is 7.25. The Morgan fingerprint density at radius 1 is 1.24 bits per heavy atom. The third-order valence-corrected chi connectivity index (χ3v) is 5.37. The number of nitrogens with one attached hydrogen (secondary N) is 1. The molecule has 0 aliphatic heterocycles. The number of aromatic nitrogens is 3. The summed E-state index contributed by atoms with van der Waals surface area (Å²) in [6.45, 7) is 1.97. The topological polar surface area (TPSA) is 104 Å². The van der Waals surface area contributed by atoms with Gasteiger partial charge in [-0.25, -0.2) is 4.68 Å². The largest absolute Gasteiger partial charge is 0.497 e. The Morgan fingerprint density at radius 2 is 2.00 bits per heavy atom. The van der Waals surface area contributed by atoms with Gasteiger partial charge in [-0.3, -0.25) is 4.79 Å². The summed E-state index contributed by atoms with van der Waals surface area (Å²) < 4.78 is 12.1. The molecule has 2 aromatic carbocycles. The van der Waals surface area contributed by atoms with E-state index in [2.05, 4.69) is 15.5 Å². The van der Waals surface area contributed by atoms with Crippen LogP contribution in [0.1, 0.15) is 11.4 Å². The third kappa shape index (κ3) is 5.33. The molecule has 0 bridgehead atoms. The van der Waals surface area contributed by atoms with Gasteiger partial charge in [-0.15, -0.1) is 10.2 Å². The molecule has 152 valence electrons. The van der Waals surface area contributed by atoms with Crippen molar-refractivity contribution in [1.82, 2.24) is 14.9 Å². The van der Waals surface area contributed by atoms with Gasteiger partial charge in [0.2, 0.25) is 11.1 Å². The van der Waals surface area contributed by atoms with Gasteiger partial charge in [0.1, 0.15) is 18.1 Å². The second-order valence-electron chi connectivity index (χ2n) is 5.99. The first-order chi connectivity index (χ1) is 14.0. The van der Waals surface area contributed by atoms with Crippen molar-refractivity contribution in [3.8, 4) is 11.5 Å². The van der Waals surface area contributed by atoms with Crippen LogP contribution in [-0.2, 0) is 11.4 Å². The summed E-state index contributed by atoms with van der Waals surface area (Å²) in [6.07, 6.45) is 0. The Bertz CT molecular complexity index is 1010. The number of benzene rings is 2. The normalized spacial score (nSPS) is 10.6. The van der Waals surface area contributed by atoms with Crippen LogP contribution in [0.25, 0.3) is 0 Å². The van der Waals surface area contributed by atoms with Crippen molar-refractivity contribution in [2.45, 2.75) is 18.7 Å². The van der Waals surface area contributed by atoms with Crippen LogP contribution in [0.4, 0.5) is 5.69 Å². The number of anilines is 1. The number of hydrogen-bond acceptors (Lipinski definition) is 7. The Balaban J connectivity index is 1.55. The van der Waals surface area contributed by atoms with Crippen LogP contribution in [0.2, 0.25) is 5.02 Å². The predicted molar refractivity (Wildman–Crippen MR) is 113 cm³/mol. The number of nitrogens with zero attached hydrogens (tertiary/aromatic N) is 3. The number of thioether (sulfide) groups is 1. The van der Waals surface area contributed by atoms with Crippen molar-refractivity contribution in [2.75, 3.05) is 24.0 Å². The Morgan fingerprint density at radius 3 is 2.79 bits per heavy atom. The molecule has 0 spiro atoms. The maximum Gasteiger partial charge on any atom is 0.234 e. The van der Waals surface area contributed by atoms with Crippen LogP contribution in [0, 0.1) is 6.92 Å². The molecule has 8 nitrogen and oxygen atoms in total. The highest BCUT2D eigenvalue weighted by molar-refractivity contribution is 7.99. The molecule has 0 aliphatic carbocycles. The molecule has 29 heavy (non-hydrogen) atoms. The molecule has 3 aromatic rings. The van der Waals surface area contributed by atoms with Gasteiger partial charge in [0.05, 0.1) is 12.9 Å². The van der Waals surface area contributed by atoms with Crippen LogP contribution < -0.4 is 20.6 Å². The lowest BCUT2D eigenvalue weighted by molar-refractivity contribution is -0.113. The first kappa shape index (κ1) is 20.8. The number of halogens is 1. The molecule has 1 heterocycles. The molecule has 10 heteroatoms. The lowest BCUT2D eigenvalue weighted by atomic mass is 10.2. The number of hydrogen-bond donors (Lipinski definition) is 2. The minimum Gasteiger partial charge on any atom is -0.497 e. The second kappa shape index (κ2) is 9.53. The van der Waals surface area contributed by atoms with Crippen molar-refractivity contribution >= 4 is 35.0 Å². The van der Waals surface area contributed by atoms with Crippen molar-refractivity contribution in [2.24, 2.45) is 0 Å². The number of carbonyl (C=O) groups excluding carboxylic acids is 1. The van der Waals surface area contributed by atoms with E-state index in [0.717, 1.165) is 5.56 Å². The van der Waals surface area contributed by atoms with E-state index in [0.29, 0.717) is 33.2 Å². The van der Waals surface area contributed by atoms with Crippen molar-refractivity contribution < 1.29 is 14.3 Å². The molecule has 3 N–H and O–H groups in total. The average Bonchev–Trinajstić information content (AvgIpc) is 3.08. The monoisotopic (exact) mass is 433 g/mol. The van der Waals surface area contributed by atoms with E-state index in [1.807, 2.05) is 19.1 Å². The SMILES string of the molecule is COc1cccc(OCc2nnc(SCC(=O)Nc3cccc(Cl)c3C)n2N)c1. The van der Waals surface area contributed by atoms with Gasteiger partial charge in [0.25, 0.3) is 0 Å². The molecule has 1 amide bonds. The van der Waals surface area contributed by atoms with Gasteiger partial charge in [-0.1, -0.05) is 35.5 Å². The maximum absolute atomic E-state index is 12.2. The smallest absolute Gasteiger partial charge is 0.234 e. The fraction of sp³-hybridized carbons (Fsp3) is 0.211. The number of rotatable bonds is 8. The summed E-state index contributed by atoms with van der Waals surface area (Å²) in [6, 6.07) is 12.6. The zero-order valence-corrected chi connectivity index (χ0v) is 17.5. The van der Waals surface area contributed by atoms with Gasteiger partial charge < -0.3 is 20.6 Å². The van der Waals surface area contributed by atoms with Crippen molar-refractivity contribution in [1.29, 1.82) is 0 Å². The molecule has 0 aliphatic rings. The number of ether oxygens (including phenoxy) is 2. The van der Waals surface area contributed by atoms with E-state index in [1.54, 1.807) is 37.4 Å². The van der Waals surface area contributed by atoms with Gasteiger partial charge in [0, 0.05) is 16.8 Å². The zero-order valence-electron chi connectivity index (χ0n) is 15.9. The van der Waals surface area contributed by atoms with Crippen molar-refractivity contribution in [3.63, 3.8) is 0 Å². The molecule has 1 aromatic heterocycles. The number of nitrogen functional groups attached to an aromatic ring is 1. The number of amides is 1. The Kier molecular flexibility index (Phi) is 6.84. The molecular formula is C19H20ClN5O3S. The quantitative estimate of drug-likeness (QED) is 0.415. The van der Waals surface area contributed by atoms with E-state index in [9.17, 15) is 4.79 Å². The highest BCUT2D eigenvalue weighted by Gasteiger charge is 2.14. The zero-order chi connectivity index (χ0) is 20.8. The number of methoxy groups -OCH3 is 1. The van der Waals surface area contributed by atoms with Crippen LogP contribution in [0.15, 0.2) is 47.6 Å². The van der Waals surface area contributed by atoms with Crippen LogP contribution in [-0.4, -0.2) is 33.6 Å². The lowest BCUT2D eigenvalue weighted by Gasteiger charge is -2.09. The van der Waals surface area contributed by atoms with E-state index in [1.165, 1.54) is 16.4 Å². The van der Waals surface area contributed by atoms with Crippen LogP contribution >= 0.6 is 23.4 Å². The fourth-order valence-electron chi connectivity index (χ4n) is 2.40. The summed E-state index contributed by atoms with van der Waals surface area (Å²) in [7, 11) is 1.59. The first-order valence-corrected chi connectivity index (χ1v) is 9.98. The highest BCUT2D eigenvalue weighted by atomic mass is 35.5. The minimum atomic E-state index is -0.197. The third-order valence-electron chi connectivity index (χ3n) is 4.02. The standard InChI is InChI=1S/C19H20ClN5O3S/c1-12-15(20)7-4-8-16(12)22-18(26)11-29-19-24-23-17(25(19)21)10-28-14-6-3-5-13(9-14)27-2/h3-9H,10-11,21H2,1-2H3,(H,22,26). The van der Waals surface area contributed by atoms with E-state index >= 15 is 0 Å². The molecule has 3 rings (SSSR count). The second-order valence-corrected chi connectivity index (χ2v) is 7.34. The molecule has 0 saturated carbocycles. The number of carbonyl (C=O) groups is 1.